The maximum Gasteiger partial charge on any atom is 0.224 e. The van der Waals surface area contributed by atoms with E-state index < -0.39 is 0 Å². The molecule has 2 heterocycles. The quantitative estimate of drug-likeness (QED) is 0.214. The number of amides is 1. The van der Waals surface area contributed by atoms with Gasteiger partial charge < -0.3 is 10.6 Å². The SMILES string of the molecule is O=C(CCc1ccccc1)Nc1cccc(CNc2cc(-c3ccccc3Cl)nc3c(Br)cnn23)c1. The van der Waals surface area contributed by atoms with E-state index in [1.54, 1.807) is 10.7 Å². The lowest BCUT2D eigenvalue weighted by atomic mass is 10.1. The fraction of sp³-hybridized carbons (Fsp3) is 0.107. The molecule has 2 aromatic heterocycles. The summed E-state index contributed by atoms with van der Waals surface area (Å²) in [6.45, 7) is 0.534. The van der Waals surface area contributed by atoms with E-state index in [1.807, 2.05) is 84.9 Å². The summed E-state index contributed by atoms with van der Waals surface area (Å²) in [5.74, 6) is 0.767. The molecule has 0 saturated carbocycles. The van der Waals surface area contributed by atoms with E-state index in [4.69, 9.17) is 16.6 Å². The lowest BCUT2D eigenvalue weighted by Crippen LogP contribution is -2.13. The molecule has 0 radical (unpaired) electrons. The third-order valence-electron chi connectivity index (χ3n) is 5.75. The number of nitrogens with zero attached hydrogens (tertiary/aromatic N) is 3. The van der Waals surface area contributed by atoms with Gasteiger partial charge in [-0.2, -0.15) is 9.61 Å². The highest BCUT2D eigenvalue weighted by Crippen LogP contribution is 2.30. The molecule has 1 amide bonds. The van der Waals surface area contributed by atoms with Crippen molar-refractivity contribution in [3.8, 4) is 11.3 Å². The van der Waals surface area contributed by atoms with Gasteiger partial charge in [0.2, 0.25) is 5.91 Å². The van der Waals surface area contributed by atoms with Crippen LogP contribution in [0.1, 0.15) is 17.5 Å². The van der Waals surface area contributed by atoms with Crippen LogP contribution in [0.2, 0.25) is 5.02 Å². The first-order chi connectivity index (χ1) is 17.6. The van der Waals surface area contributed by atoms with Crippen molar-refractivity contribution in [2.75, 3.05) is 10.6 Å². The molecule has 0 spiro atoms. The monoisotopic (exact) mass is 559 g/mol. The number of aryl methyl sites for hydroxylation is 1. The van der Waals surface area contributed by atoms with Crippen molar-refractivity contribution in [1.82, 2.24) is 14.6 Å². The molecule has 8 heteroatoms. The van der Waals surface area contributed by atoms with Gasteiger partial charge in [-0.05, 0) is 51.7 Å². The van der Waals surface area contributed by atoms with E-state index in [9.17, 15) is 4.79 Å². The van der Waals surface area contributed by atoms with Crippen LogP contribution in [0, 0.1) is 0 Å². The highest BCUT2D eigenvalue weighted by atomic mass is 79.9. The Bertz CT molecular complexity index is 1520. The van der Waals surface area contributed by atoms with Gasteiger partial charge in [-0.25, -0.2) is 4.98 Å². The molecule has 0 aliphatic carbocycles. The second kappa shape index (κ2) is 10.9. The molecule has 0 atom stereocenters. The van der Waals surface area contributed by atoms with Crippen molar-refractivity contribution in [3.05, 3.63) is 112 Å². The summed E-state index contributed by atoms with van der Waals surface area (Å²) in [6, 6.07) is 27.4. The maximum atomic E-state index is 12.5. The predicted octanol–water partition coefficient (Wildman–Crippen LogP) is 7.00. The number of hydrogen-bond donors (Lipinski definition) is 2. The molecule has 0 bridgehead atoms. The molecular weight excluding hydrogens is 538 g/mol. The number of carbonyl (C=O) groups is 1. The molecule has 0 aliphatic heterocycles. The summed E-state index contributed by atoms with van der Waals surface area (Å²) in [5, 5.41) is 11.5. The van der Waals surface area contributed by atoms with E-state index >= 15 is 0 Å². The topological polar surface area (TPSA) is 71.3 Å². The molecule has 5 rings (SSSR count). The normalized spacial score (nSPS) is 10.9. The zero-order chi connectivity index (χ0) is 24.9. The fourth-order valence-corrected chi connectivity index (χ4v) is 4.53. The van der Waals surface area contributed by atoms with Crippen molar-refractivity contribution >= 4 is 50.6 Å². The Balaban J connectivity index is 1.30. The number of benzene rings is 3. The number of anilines is 2. The van der Waals surface area contributed by atoms with Crippen molar-refractivity contribution < 1.29 is 4.79 Å². The lowest BCUT2D eigenvalue weighted by Gasteiger charge is -2.13. The van der Waals surface area contributed by atoms with Gasteiger partial charge >= 0.3 is 0 Å². The van der Waals surface area contributed by atoms with E-state index in [1.165, 1.54) is 0 Å². The Morgan fingerprint density at radius 1 is 0.944 bits per heavy atom. The van der Waals surface area contributed by atoms with Crippen LogP contribution in [-0.2, 0) is 17.8 Å². The third kappa shape index (κ3) is 5.58. The minimum absolute atomic E-state index is 0.00872. The standard InChI is InChI=1S/C28H23BrClN5O/c29-23-18-32-35-26(16-25(34-28(23)35)22-11-4-5-12-24(22)30)31-17-20-9-6-10-21(15-20)33-27(36)14-13-19-7-2-1-3-8-19/h1-12,15-16,18,31H,13-14,17H2,(H,33,36). The average molecular weight is 561 g/mol. The molecule has 5 aromatic rings. The van der Waals surface area contributed by atoms with E-state index in [0.29, 0.717) is 30.1 Å². The number of nitrogens with one attached hydrogen (secondary N) is 2. The van der Waals surface area contributed by atoms with Crippen LogP contribution in [-0.4, -0.2) is 20.5 Å². The molecule has 0 aliphatic rings. The number of carbonyl (C=O) groups excluding carboxylic acids is 1. The molecule has 0 unspecified atom stereocenters. The Morgan fingerprint density at radius 3 is 2.56 bits per heavy atom. The molecule has 180 valence electrons. The van der Waals surface area contributed by atoms with Gasteiger partial charge in [0.05, 0.1) is 16.4 Å². The summed E-state index contributed by atoms with van der Waals surface area (Å²) < 4.78 is 2.54. The molecular formula is C28H23BrClN5O. The van der Waals surface area contributed by atoms with Crippen LogP contribution in [0.5, 0.6) is 0 Å². The lowest BCUT2D eigenvalue weighted by molar-refractivity contribution is -0.116. The van der Waals surface area contributed by atoms with Gasteiger partial charge in [0.15, 0.2) is 5.65 Å². The Labute approximate surface area is 222 Å². The molecule has 36 heavy (non-hydrogen) atoms. The first kappa shape index (κ1) is 24.0. The number of fused-ring (bicyclic) bond motifs is 1. The second-order valence-corrected chi connectivity index (χ2v) is 9.58. The zero-order valence-electron chi connectivity index (χ0n) is 19.3. The predicted molar refractivity (Wildman–Crippen MR) is 148 cm³/mol. The Hall–Kier alpha value is -3.68. The van der Waals surface area contributed by atoms with Crippen LogP contribution in [0.15, 0.2) is 95.6 Å². The molecule has 6 nitrogen and oxygen atoms in total. The van der Waals surface area contributed by atoms with Gasteiger partial charge in [-0.15, -0.1) is 0 Å². The summed E-state index contributed by atoms with van der Waals surface area (Å²) in [4.78, 5) is 17.2. The molecule has 2 N–H and O–H groups in total. The van der Waals surface area contributed by atoms with Crippen LogP contribution in [0.25, 0.3) is 16.9 Å². The largest absolute Gasteiger partial charge is 0.366 e. The number of aromatic nitrogens is 3. The number of halogens is 2. The summed E-state index contributed by atoms with van der Waals surface area (Å²) in [5.41, 5.74) is 5.22. The molecule has 0 saturated heterocycles. The highest BCUT2D eigenvalue weighted by Gasteiger charge is 2.13. The van der Waals surface area contributed by atoms with E-state index in [2.05, 4.69) is 31.7 Å². The van der Waals surface area contributed by atoms with Crippen molar-refractivity contribution in [2.45, 2.75) is 19.4 Å². The Kier molecular flexibility index (Phi) is 7.30. The van der Waals surface area contributed by atoms with Crippen molar-refractivity contribution in [3.63, 3.8) is 0 Å². The van der Waals surface area contributed by atoms with Gasteiger partial charge in [0, 0.05) is 35.3 Å². The van der Waals surface area contributed by atoms with Crippen LogP contribution in [0.3, 0.4) is 0 Å². The third-order valence-corrected chi connectivity index (χ3v) is 6.64. The zero-order valence-corrected chi connectivity index (χ0v) is 21.6. The molecule has 0 fully saturated rings. The highest BCUT2D eigenvalue weighted by molar-refractivity contribution is 9.10. The van der Waals surface area contributed by atoms with Crippen LogP contribution in [0.4, 0.5) is 11.5 Å². The van der Waals surface area contributed by atoms with Gasteiger partial charge in [0.25, 0.3) is 0 Å². The summed E-state index contributed by atoms with van der Waals surface area (Å²) in [7, 11) is 0. The summed E-state index contributed by atoms with van der Waals surface area (Å²) in [6.07, 6.45) is 2.86. The van der Waals surface area contributed by atoms with Crippen LogP contribution >= 0.6 is 27.5 Å². The number of rotatable bonds is 8. The van der Waals surface area contributed by atoms with Gasteiger partial charge in [-0.1, -0.05) is 72.3 Å². The first-order valence-corrected chi connectivity index (χ1v) is 12.7. The van der Waals surface area contributed by atoms with E-state index in [0.717, 1.165) is 38.4 Å². The minimum Gasteiger partial charge on any atom is -0.366 e. The second-order valence-electron chi connectivity index (χ2n) is 8.32. The van der Waals surface area contributed by atoms with Gasteiger partial charge in [0.1, 0.15) is 5.82 Å². The first-order valence-electron chi connectivity index (χ1n) is 11.5. The Morgan fingerprint density at radius 2 is 1.72 bits per heavy atom. The van der Waals surface area contributed by atoms with Crippen LogP contribution < -0.4 is 10.6 Å². The fourth-order valence-electron chi connectivity index (χ4n) is 3.95. The maximum absolute atomic E-state index is 12.5. The average Bonchev–Trinajstić information content (AvgIpc) is 3.28. The van der Waals surface area contributed by atoms with Crippen molar-refractivity contribution in [2.24, 2.45) is 0 Å². The van der Waals surface area contributed by atoms with Gasteiger partial charge in [-0.3, -0.25) is 4.79 Å². The minimum atomic E-state index is -0.00872. The smallest absolute Gasteiger partial charge is 0.224 e. The van der Waals surface area contributed by atoms with Crippen molar-refractivity contribution in [1.29, 1.82) is 0 Å². The summed E-state index contributed by atoms with van der Waals surface area (Å²) >= 11 is 9.97. The number of hydrogen-bond acceptors (Lipinski definition) is 4. The molecule has 3 aromatic carbocycles. The van der Waals surface area contributed by atoms with E-state index in [-0.39, 0.29) is 5.91 Å².